The number of hydrogen-bond acceptors (Lipinski definition) is 5. The average molecular weight is 730 g/mol. The Morgan fingerprint density at radius 2 is 1.14 bits per heavy atom. The van der Waals surface area contributed by atoms with Crippen molar-refractivity contribution in [3.8, 4) is 0 Å². The first-order valence-corrected chi connectivity index (χ1v) is 18.0. The lowest BCUT2D eigenvalue weighted by Crippen LogP contribution is -2.38. The van der Waals surface area contributed by atoms with Gasteiger partial charge in [0.2, 0.25) is 0 Å². The Morgan fingerprint density at radius 3 is 1.55 bits per heavy atom. The van der Waals surface area contributed by atoms with Crippen LogP contribution in [0.1, 0.15) is 103 Å². The van der Waals surface area contributed by atoms with Gasteiger partial charge >= 0.3 is 5.97 Å². The highest BCUT2D eigenvalue weighted by Crippen LogP contribution is 2.35. The Balaban J connectivity index is 0.000000199. The largest absolute Gasteiger partial charge is 0.461 e. The van der Waals surface area contributed by atoms with Gasteiger partial charge in [-0.25, -0.2) is 0 Å². The molecule has 0 saturated carbocycles. The number of nitrogens with zero attached hydrogens (tertiary/aromatic N) is 2. The quantitative estimate of drug-likeness (QED) is 0.207. The lowest BCUT2D eigenvalue weighted by atomic mass is 9.84. The maximum Gasteiger partial charge on any atom is 0.302 e. The van der Waals surface area contributed by atoms with Crippen molar-refractivity contribution in [1.29, 1.82) is 0 Å². The first-order valence-electron chi connectivity index (χ1n) is 17.2. The summed E-state index contributed by atoms with van der Waals surface area (Å²) < 4.78 is 5.14. The highest BCUT2D eigenvalue weighted by molar-refractivity contribution is 6.32. The molecule has 4 aromatic rings. The van der Waals surface area contributed by atoms with E-state index in [4.69, 9.17) is 27.9 Å². The number of benzene rings is 4. The fourth-order valence-electron chi connectivity index (χ4n) is 6.44. The van der Waals surface area contributed by atoms with Crippen LogP contribution in [-0.2, 0) is 46.4 Å². The molecule has 2 aliphatic heterocycles. The zero-order valence-electron chi connectivity index (χ0n) is 30.4. The molecule has 51 heavy (non-hydrogen) atoms. The molecule has 0 unspecified atom stereocenters. The van der Waals surface area contributed by atoms with Crippen LogP contribution in [0.2, 0.25) is 10.0 Å². The predicted molar refractivity (Wildman–Crippen MR) is 205 cm³/mol. The number of carbonyl (C=O) groups excluding carboxylic acids is 3. The maximum absolute atomic E-state index is 13.2. The molecule has 1 N–H and O–H groups in total. The molecular formula is C42H46Cl2N2O5. The molecule has 0 spiro atoms. The maximum atomic E-state index is 13.2. The van der Waals surface area contributed by atoms with E-state index >= 15 is 0 Å². The second-order valence-corrected chi connectivity index (χ2v) is 15.9. The molecule has 2 aliphatic rings. The SMILES string of the molecule is CC(=O)OCc1c(Cl)cccc1N1CCc2cc(C(C)(C)C)ccc2C1=O.CC(C)(C)c1ccc2c(c1)CCN(c1cccc(Cl)c1CO)C2=O. The van der Waals surface area contributed by atoms with Crippen LogP contribution in [0.3, 0.4) is 0 Å². The monoisotopic (exact) mass is 728 g/mol. The molecule has 2 amide bonds. The summed E-state index contributed by atoms with van der Waals surface area (Å²) in [4.78, 5) is 40.8. The minimum Gasteiger partial charge on any atom is -0.461 e. The van der Waals surface area contributed by atoms with Crippen LogP contribution in [0.5, 0.6) is 0 Å². The van der Waals surface area contributed by atoms with Crippen LogP contribution in [0.25, 0.3) is 0 Å². The Labute approximate surface area is 311 Å². The molecular weight excluding hydrogens is 683 g/mol. The molecule has 6 rings (SSSR count). The van der Waals surface area contributed by atoms with Crippen molar-refractivity contribution in [1.82, 2.24) is 0 Å². The van der Waals surface area contributed by atoms with Crippen LogP contribution in [0.4, 0.5) is 11.4 Å². The number of hydrogen-bond donors (Lipinski definition) is 1. The first kappa shape index (κ1) is 38.1. The number of esters is 1. The second kappa shape index (κ2) is 15.2. The molecule has 0 bridgehead atoms. The van der Waals surface area contributed by atoms with E-state index in [1.807, 2.05) is 42.5 Å². The van der Waals surface area contributed by atoms with Gasteiger partial charge in [-0.1, -0.05) is 101 Å². The smallest absolute Gasteiger partial charge is 0.302 e. The summed E-state index contributed by atoms with van der Waals surface area (Å²) in [7, 11) is 0. The van der Waals surface area contributed by atoms with E-state index in [0.29, 0.717) is 51.2 Å². The standard InChI is InChI=1S/C22H24ClNO3.C20H22ClNO2/c1-14(25)27-13-18-19(23)6-5-7-20(18)24-11-10-15-12-16(22(2,3)4)8-9-17(15)21(24)26;1-20(2,3)14-7-8-15-13(11-14)9-10-22(19(15)24)18-6-4-5-17(21)16(18)12-23/h5-9,12H,10-11,13H2,1-4H3;4-8,11,23H,9-10,12H2,1-3H3. The van der Waals surface area contributed by atoms with E-state index in [9.17, 15) is 19.5 Å². The van der Waals surface area contributed by atoms with Crippen LogP contribution in [0, 0.1) is 0 Å². The van der Waals surface area contributed by atoms with Gasteiger partial charge in [0.25, 0.3) is 11.8 Å². The van der Waals surface area contributed by atoms with Gasteiger partial charge in [-0.05, 0) is 82.3 Å². The van der Waals surface area contributed by atoms with Crippen molar-refractivity contribution in [2.45, 2.75) is 85.4 Å². The molecule has 0 aromatic heterocycles. The third-order valence-electron chi connectivity index (χ3n) is 9.45. The lowest BCUT2D eigenvalue weighted by Gasteiger charge is -2.31. The summed E-state index contributed by atoms with van der Waals surface area (Å²) in [5.41, 5.74) is 8.82. The van der Waals surface area contributed by atoms with Crippen molar-refractivity contribution >= 4 is 52.4 Å². The molecule has 0 aliphatic carbocycles. The van der Waals surface area contributed by atoms with Gasteiger partial charge < -0.3 is 19.6 Å². The molecule has 0 atom stereocenters. The molecule has 4 aromatic carbocycles. The van der Waals surface area contributed by atoms with Crippen LogP contribution in [0.15, 0.2) is 72.8 Å². The minimum atomic E-state index is -0.383. The van der Waals surface area contributed by atoms with E-state index in [-0.39, 0.29) is 41.8 Å². The zero-order chi connectivity index (χ0) is 37.2. The topological polar surface area (TPSA) is 87.2 Å². The Kier molecular flexibility index (Phi) is 11.4. The predicted octanol–water partition coefficient (Wildman–Crippen LogP) is 9.24. The van der Waals surface area contributed by atoms with Gasteiger partial charge in [0.05, 0.1) is 18.0 Å². The van der Waals surface area contributed by atoms with E-state index in [1.165, 1.54) is 18.1 Å². The third kappa shape index (κ3) is 8.33. The van der Waals surface area contributed by atoms with E-state index in [0.717, 1.165) is 29.5 Å². The van der Waals surface area contributed by atoms with Gasteiger partial charge in [-0.15, -0.1) is 0 Å². The number of anilines is 2. The molecule has 0 fully saturated rings. The van der Waals surface area contributed by atoms with Crippen molar-refractivity contribution in [2.24, 2.45) is 0 Å². The van der Waals surface area contributed by atoms with Crippen molar-refractivity contribution in [3.63, 3.8) is 0 Å². The molecule has 0 saturated heterocycles. The summed E-state index contributed by atoms with van der Waals surface area (Å²) >= 11 is 12.5. The van der Waals surface area contributed by atoms with Crippen molar-refractivity contribution in [3.05, 3.63) is 127 Å². The van der Waals surface area contributed by atoms with Gasteiger partial charge in [0, 0.05) is 52.3 Å². The van der Waals surface area contributed by atoms with Gasteiger partial charge in [-0.3, -0.25) is 14.4 Å². The van der Waals surface area contributed by atoms with Crippen LogP contribution >= 0.6 is 23.2 Å². The number of fused-ring (bicyclic) bond motifs is 2. The molecule has 7 nitrogen and oxygen atoms in total. The Hall–Kier alpha value is -4.17. The Morgan fingerprint density at radius 1 is 0.706 bits per heavy atom. The molecule has 268 valence electrons. The fraction of sp³-hybridized carbons (Fsp3) is 0.357. The second-order valence-electron chi connectivity index (χ2n) is 15.1. The van der Waals surface area contributed by atoms with Crippen LogP contribution in [-0.4, -0.2) is 36.0 Å². The zero-order valence-corrected chi connectivity index (χ0v) is 31.9. The first-order chi connectivity index (χ1) is 24.0. The van der Waals surface area contributed by atoms with E-state index in [1.54, 1.807) is 28.0 Å². The number of ether oxygens (including phenoxy) is 1. The van der Waals surface area contributed by atoms with E-state index in [2.05, 4.69) is 53.7 Å². The number of halogens is 2. The summed E-state index contributed by atoms with van der Waals surface area (Å²) in [5, 5.41) is 10.6. The summed E-state index contributed by atoms with van der Waals surface area (Å²) in [6.07, 6.45) is 1.56. The molecule has 9 heteroatoms. The average Bonchev–Trinajstić information content (AvgIpc) is 3.07. The van der Waals surface area contributed by atoms with Crippen molar-refractivity contribution in [2.75, 3.05) is 22.9 Å². The normalized spacial score (nSPS) is 14.4. The number of carbonyl (C=O) groups is 3. The lowest BCUT2D eigenvalue weighted by molar-refractivity contribution is -0.142. The molecule has 0 radical (unpaired) electrons. The highest BCUT2D eigenvalue weighted by Gasteiger charge is 2.30. The van der Waals surface area contributed by atoms with E-state index < -0.39 is 0 Å². The fourth-order valence-corrected chi connectivity index (χ4v) is 6.90. The number of aliphatic hydroxyl groups excluding tert-OH is 1. The number of aliphatic hydroxyl groups is 1. The number of amides is 2. The third-order valence-corrected chi connectivity index (χ3v) is 10.2. The summed E-state index contributed by atoms with van der Waals surface area (Å²) in [6.45, 7) is 15.4. The van der Waals surface area contributed by atoms with Gasteiger partial charge in [0.1, 0.15) is 6.61 Å². The summed E-state index contributed by atoms with van der Waals surface area (Å²) in [6, 6.07) is 23.0. The highest BCUT2D eigenvalue weighted by atomic mass is 35.5. The molecule has 2 heterocycles. The van der Waals surface area contributed by atoms with Gasteiger partial charge in [-0.2, -0.15) is 0 Å². The number of rotatable bonds is 5. The van der Waals surface area contributed by atoms with Gasteiger partial charge in [0.15, 0.2) is 0 Å². The van der Waals surface area contributed by atoms with Crippen molar-refractivity contribution < 1.29 is 24.2 Å². The van der Waals surface area contributed by atoms with Crippen LogP contribution < -0.4 is 9.80 Å². The minimum absolute atomic E-state index is 0.0336. The Bertz CT molecular complexity index is 1980. The summed E-state index contributed by atoms with van der Waals surface area (Å²) in [5.74, 6) is -0.470.